The molecule has 5 heteroatoms. The number of halogens is 1. The Morgan fingerprint density at radius 1 is 1.30 bits per heavy atom. The second kappa shape index (κ2) is 4.81. The molecule has 1 aliphatic heterocycles. The Balaban J connectivity index is 1.80. The molecule has 3 rings (SSSR count). The predicted molar refractivity (Wildman–Crippen MR) is 76.7 cm³/mol. The highest BCUT2D eigenvalue weighted by Gasteiger charge is 2.43. The molecule has 1 aliphatic carbocycles. The van der Waals surface area contributed by atoms with Crippen molar-refractivity contribution < 1.29 is 12.8 Å². The van der Waals surface area contributed by atoms with Crippen LogP contribution in [0.1, 0.15) is 37.8 Å². The molecule has 110 valence electrons. The molecule has 1 heterocycles. The Kier molecular flexibility index (Phi) is 3.37. The molecule has 2 aliphatic rings. The summed E-state index contributed by atoms with van der Waals surface area (Å²) in [5.41, 5.74) is 0.694. The van der Waals surface area contributed by atoms with E-state index in [2.05, 4.69) is 5.32 Å². The maximum atomic E-state index is 13.0. The zero-order valence-electron chi connectivity index (χ0n) is 11.6. The van der Waals surface area contributed by atoms with Crippen molar-refractivity contribution in [2.45, 2.75) is 37.8 Å². The summed E-state index contributed by atoms with van der Waals surface area (Å²) in [7, 11) is -2.92. The van der Waals surface area contributed by atoms with Crippen molar-refractivity contribution in [2.24, 2.45) is 5.92 Å². The van der Waals surface area contributed by atoms with E-state index in [0.717, 1.165) is 18.4 Å². The standard InChI is InChI=1S/C15H20FNO2S/c1-15(8-9-20(18,19)10-15)17-14(11-2-3-11)12-4-6-13(16)7-5-12/h4-7,11,14,17H,2-3,8-10H2,1H3. The first kappa shape index (κ1) is 14.0. The second-order valence-electron chi connectivity index (χ2n) is 6.41. The summed E-state index contributed by atoms with van der Waals surface area (Å²) in [6, 6.07) is 6.69. The molecule has 0 bridgehead atoms. The fourth-order valence-corrected chi connectivity index (χ4v) is 5.18. The van der Waals surface area contributed by atoms with Gasteiger partial charge >= 0.3 is 0 Å². The van der Waals surface area contributed by atoms with Gasteiger partial charge in [0.2, 0.25) is 0 Å². The number of rotatable bonds is 4. The van der Waals surface area contributed by atoms with E-state index in [1.807, 2.05) is 6.92 Å². The average Bonchev–Trinajstić information content (AvgIpc) is 3.15. The zero-order chi connectivity index (χ0) is 14.4. The highest BCUT2D eigenvalue weighted by Crippen LogP contribution is 2.43. The van der Waals surface area contributed by atoms with E-state index in [1.54, 1.807) is 12.1 Å². The molecular formula is C15H20FNO2S. The van der Waals surface area contributed by atoms with Crippen LogP contribution in [-0.2, 0) is 9.84 Å². The van der Waals surface area contributed by atoms with Gasteiger partial charge in [-0.25, -0.2) is 12.8 Å². The summed E-state index contributed by atoms with van der Waals surface area (Å²) < 4.78 is 36.5. The van der Waals surface area contributed by atoms with E-state index in [9.17, 15) is 12.8 Å². The molecule has 1 saturated carbocycles. The van der Waals surface area contributed by atoms with Crippen LogP contribution in [0.25, 0.3) is 0 Å². The van der Waals surface area contributed by atoms with Crippen molar-refractivity contribution in [3.8, 4) is 0 Å². The monoisotopic (exact) mass is 297 g/mol. The van der Waals surface area contributed by atoms with E-state index in [-0.39, 0.29) is 28.9 Å². The van der Waals surface area contributed by atoms with Crippen molar-refractivity contribution in [3.05, 3.63) is 35.6 Å². The van der Waals surface area contributed by atoms with Gasteiger partial charge in [0.1, 0.15) is 5.82 Å². The summed E-state index contributed by atoms with van der Waals surface area (Å²) in [4.78, 5) is 0. The molecule has 0 amide bonds. The Hall–Kier alpha value is -0.940. The van der Waals surface area contributed by atoms with Gasteiger partial charge in [-0.1, -0.05) is 12.1 Å². The topological polar surface area (TPSA) is 46.2 Å². The third-order valence-electron chi connectivity index (χ3n) is 4.33. The summed E-state index contributed by atoms with van der Waals surface area (Å²) >= 11 is 0. The maximum absolute atomic E-state index is 13.0. The summed E-state index contributed by atoms with van der Waals surface area (Å²) in [5, 5.41) is 3.54. The van der Waals surface area contributed by atoms with Crippen LogP contribution in [0.4, 0.5) is 4.39 Å². The number of benzene rings is 1. The Bertz CT molecular complexity index is 595. The van der Waals surface area contributed by atoms with Crippen molar-refractivity contribution in [3.63, 3.8) is 0 Å². The van der Waals surface area contributed by atoms with Crippen molar-refractivity contribution in [1.29, 1.82) is 0 Å². The average molecular weight is 297 g/mol. The van der Waals surface area contributed by atoms with Crippen LogP contribution < -0.4 is 5.32 Å². The molecule has 1 saturated heterocycles. The van der Waals surface area contributed by atoms with Gasteiger partial charge in [-0.3, -0.25) is 0 Å². The summed E-state index contributed by atoms with van der Waals surface area (Å²) in [5.74, 6) is 0.764. The molecule has 1 aromatic carbocycles. The molecule has 20 heavy (non-hydrogen) atoms. The molecule has 2 unspecified atom stereocenters. The smallest absolute Gasteiger partial charge is 0.152 e. The van der Waals surface area contributed by atoms with Crippen LogP contribution >= 0.6 is 0 Å². The number of hydrogen-bond donors (Lipinski definition) is 1. The van der Waals surface area contributed by atoms with Crippen LogP contribution in [0.15, 0.2) is 24.3 Å². The van der Waals surface area contributed by atoms with E-state index in [4.69, 9.17) is 0 Å². The van der Waals surface area contributed by atoms with Crippen molar-refractivity contribution in [2.75, 3.05) is 11.5 Å². The highest BCUT2D eigenvalue weighted by atomic mass is 32.2. The van der Waals surface area contributed by atoms with Gasteiger partial charge < -0.3 is 5.32 Å². The lowest BCUT2D eigenvalue weighted by Crippen LogP contribution is -2.46. The Labute approximate surface area is 119 Å². The molecule has 1 N–H and O–H groups in total. The minimum atomic E-state index is -2.92. The maximum Gasteiger partial charge on any atom is 0.152 e. The van der Waals surface area contributed by atoms with Gasteiger partial charge in [-0.2, -0.15) is 0 Å². The van der Waals surface area contributed by atoms with Crippen molar-refractivity contribution >= 4 is 9.84 Å². The van der Waals surface area contributed by atoms with E-state index in [1.165, 1.54) is 12.1 Å². The van der Waals surface area contributed by atoms with E-state index >= 15 is 0 Å². The van der Waals surface area contributed by atoms with E-state index in [0.29, 0.717) is 12.3 Å². The molecule has 0 spiro atoms. The predicted octanol–water partition coefficient (Wildman–Crippen LogP) is 2.44. The fraction of sp³-hybridized carbons (Fsp3) is 0.600. The molecule has 0 radical (unpaired) electrons. The van der Waals surface area contributed by atoms with Crippen LogP contribution in [0, 0.1) is 11.7 Å². The third-order valence-corrected chi connectivity index (χ3v) is 6.23. The summed E-state index contributed by atoms with van der Waals surface area (Å²) in [6.07, 6.45) is 2.95. The van der Waals surface area contributed by atoms with Gasteiger partial charge in [0, 0.05) is 11.6 Å². The van der Waals surface area contributed by atoms with Gasteiger partial charge in [0.25, 0.3) is 0 Å². The van der Waals surface area contributed by atoms with Crippen molar-refractivity contribution in [1.82, 2.24) is 5.32 Å². The lowest BCUT2D eigenvalue weighted by atomic mass is 9.95. The van der Waals surface area contributed by atoms with Crippen LogP contribution in [-0.4, -0.2) is 25.5 Å². The molecule has 3 nitrogen and oxygen atoms in total. The molecule has 0 aromatic heterocycles. The fourth-order valence-electron chi connectivity index (χ4n) is 3.07. The SMILES string of the molecule is CC1(NC(c2ccc(F)cc2)C2CC2)CCS(=O)(=O)C1. The first-order valence-electron chi connectivity index (χ1n) is 7.11. The Morgan fingerprint density at radius 2 is 1.95 bits per heavy atom. The second-order valence-corrected chi connectivity index (χ2v) is 8.60. The first-order valence-corrected chi connectivity index (χ1v) is 8.93. The molecular weight excluding hydrogens is 277 g/mol. The summed E-state index contributed by atoms with van der Waals surface area (Å²) in [6.45, 7) is 1.98. The lowest BCUT2D eigenvalue weighted by molar-refractivity contribution is 0.322. The highest BCUT2D eigenvalue weighted by molar-refractivity contribution is 7.91. The molecule has 1 aromatic rings. The minimum absolute atomic E-state index is 0.133. The minimum Gasteiger partial charge on any atom is -0.303 e. The number of sulfone groups is 1. The molecule has 2 fully saturated rings. The van der Waals surface area contributed by atoms with E-state index < -0.39 is 9.84 Å². The van der Waals surface area contributed by atoms with Crippen LogP contribution in [0.2, 0.25) is 0 Å². The lowest BCUT2D eigenvalue weighted by Gasteiger charge is -2.31. The number of hydrogen-bond acceptors (Lipinski definition) is 3. The number of nitrogens with one attached hydrogen (secondary N) is 1. The van der Waals surface area contributed by atoms with Crippen LogP contribution in [0.3, 0.4) is 0 Å². The van der Waals surface area contributed by atoms with Gasteiger partial charge in [-0.15, -0.1) is 0 Å². The van der Waals surface area contributed by atoms with Gasteiger partial charge in [0.05, 0.1) is 11.5 Å². The largest absolute Gasteiger partial charge is 0.303 e. The quantitative estimate of drug-likeness (QED) is 0.928. The zero-order valence-corrected chi connectivity index (χ0v) is 12.4. The van der Waals surface area contributed by atoms with Gasteiger partial charge in [0.15, 0.2) is 9.84 Å². The normalized spacial score (nSPS) is 30.3. The van der Waals surface area contributed by atoms with Crippen LogP contribution in [0.5, 0.6) is 0 Å². The third kappa shape index (κ3) is 3.04. The molecule has 2 atom stereocenters. The van der Waals surface area contributed by atoms with Gasteiger partial charge in [-0.05, 0) is 49.8 Å². The Morgan fingerprint density at radius 3 is 2.45 bits per heavy atom. The first-order chi connectivity index (χ1) is 9.37.